The highest BCUT2D eigenvalue weighted by Gasteiger charge is 2.23. The first kappa shape index (κ1) is 19.2. The maximum atomic E-state index is 12.4. The number of aryl methyl sites for hydroxylation is 1. The summed E-state index contributed by atoms with van der Waals surface area (Å²) < 4.78 is 0. The van der Waals surface area contributed by atoms with Gasteiger partial charge in [-0.3, -0.25) is 4.79 Å². The number of aromatic hydroxyl groups is 1. The van der Waals surface area contributed by atoms with Gasteiger partial charge in [-0.05, 0) is 48.7 Å². The predicted molar refractivity (Wildman–Crippen MR) is 108 cm³/mol. The molecule has 3 rings (SSSR count). The first-order valence-corrected chi connectivity index (χ1v) is 9.81. The molecule has 0 aromatic heterocycles. The van der Waals surface area contributed by atoms with Crippen LogP contribution in [0.2, 0.25) is 0 Å². The summed E-state index contributed by atoms with van der Waals surface area (Å²) in [6, 6.07) is 15.8. The van der Waals surface area contributed by atoms with Gasteiger partial charge in [0.2, 0.25) is 0 Å². The lowest BCUT2D eigenvalue weighted by molar-refractivity contribution is -0.892. The molecular weight excluding hydrogens is 338 g/mol. The van der Waals surface area contributed by atoms with Crippen molar-refractivity contribution in [2.75, 3.05) is 37.6 Å². The first-order valence-electron chi connectivity index (χ1n) is 9.81. The highest BCUT2D eigenvalue weighted by molar-refractivity contribution is 5.77. The molecule has 1 fully saturated rings. The first-order chi connectivity index (χ1) is 13.0. The van der Waals surface area contributed by atoms with E-state index in [-0.39, 0.29) is 17.7 Å². The smallest absolute Gasteiger partial charge is 0.275 e. The van der Waals surface area contributed by atoms with Crippen LogP contribution in [0.25, 0.3) is 0 Å². The maximum absolute atomic E-state index is 12.4. The van der Waals surface area contributed by atoms with Gasteiger partial charge in [0.25, 0.3) is 5.91 Å². The summed E-state index contributed by atoms with van der Waals surface area (Å²) in [5, 5.41) is 12.5. The van der Waals surface area contributed by atoms with Gasteiger partial charge in [-0.25, -0.2) is 0 Å². The van der Waals surface area contributed by atoms with Crippen molar-refractivity contribution in [3.8, 4) is 5.75 Å². The normalized spacial score (nSPS) is 16.1. The fourth-order valence-electron chi connectivity index (χ4n) is 3.57. The van der Waals surface area contributed by atoms with Crippen LogP contribution in [0, 0.1) is 0 Å². The van der Waals surface area contributed by atoms with Crippen LogP contribution in [0.1, 0.15) is 31.0 Å². The molecule has 1 aliphatic heterocycles. The average molecular weight is 369 g/mol. The van der Waals surface area contributed by atoms with Crippen LogP contribution in [-0.4, -0.2) is 43.7 Å². The number of carbonyl (C=O) groups excluding carboxylic acids is 1. The zero-order valence-electron chi connectivity index (χ0n) is 16.2. The van der Waals surface area contributed by atoms with Crippen LogP contribution in [0.15, 0.2) is 48.5 Å². The molecule has 0 saturated carbocycles. The molecule has 144 valence electrons. The number of quaternary nitrogens is 1. The largest absolute Gasteiger partial charge is 0.508 e. The Labute approximate surface area is 161 Å². The van der Waals surface area contributed by atoms with E-state index in [0.29, 0.717) is 6.54 Å². The summed E-state index contributed by atoms with van der Waals surface area (Å²) in [5.74, 6) is 0.397. The second-order valence-electron chi connectivity index (χ2n) is 7.31. The van der Waals surface area contributed by atoms with Crippen molar-refractivity contribution in [3.05, 3.63) is 59.7 Å². The second kappa shape index (κ2) is 8.91. The molecule has 5 heteroatoms. The van der Waals surface area contributed by atoms with Crippen molar-refractivity contribution in [3.63, 3.8) is 0 Å². The Morgan fingerprint density at radius 3 is 2.33 bits per heavy atom. The Hall–Kier alpha value is -2.53. The molecule has 2 aromatic rings. The van der Waals surface area contributed by atoms with Crippen LogP contribution >= 0.6 is 0 Å². The van der Waals surface area contributed by atoms with Gasteiger partial charge in [0, 0.05) is 5.69 Å². The van der Waals surface area contributed by atoms with Gasteiger partial charge in [0.05, 0.1) is 32.2 Å². The third-order valence-electron chi connectivity index (χ3n) is 5.36. The molecule has 0 bridgehead atoms. The molecule has 1 saturated heterocycles. The van der Waals surface area contributed by atoms with Crippen LogP contribution in [0.3, 0.4) is 0 Å². The Balaban J connectivity index is 1.45. The highest BCUT2D eigenvalue weighted by Crippen LogP contribution is 2.18. The van der Waals surface area contributed by atoms with Crippen molar-refractivity contribution in [2.45, 2.75) is 26.3 Å². The van der Waals surface area contributed by atoms with E-state index in [1.54, 1.807) is 12.1 Å². The van der Waals surface area contributed by atoms with Crippen LogP contribution in [0.5, 0.6) is 5.75 Å². The quantitative estimate of drug-likeness (QED) is 0.725. The van der Waals surface area contributed by atoms with Crippen LogP contribution in [-0.2, 0) is 11.2 Å². The van der Waals surface area contributed by atoms with Gasteiger partial charge >= 0.3 is 0 Å². The summed E-state index contributed by atoms with van der Waals surface area (Å²) in [7, 11) is 0. The molecular formula is C22H30N3O2+. The zero-order valence-corrected chi connectivity index (χ0v) is 16.2. The molecule has 27 heavy (non-hydrogen) atoms. The second-order valence-corrected chi connectivity index (χ2v) is 7.31. The molecule has 2 aromatic carbocycles. The summed E-state index contributed by atoms with van der Waals surface area (Å²) in [4.78, 5) is 16.1. The molecule has 0 spiro atoms. The third kappa shape index (κ3) is 5.23. The molecule has 0 radical (unpaired) electrons. The maximum Gasteiger partial charge on any atom is 0.275 e. The Bertz CT molecular complexity index is 735. The Morgan fingerprint density at radius 2 is 1.74 bits per heavy atom. The van der Waals surface area contributed by atoms with E-state index in [4.69, 9.17) is 0 Å². The average Bonchev–Trinajstić information content (AvgIpc) is 2.69. The van der Waals surface area contributed by atoms with Crippen molar-refractivity contribution < 1.29 is 14.8 Å². The summed E-state index contributed by atoms with van der Waals surface area (Å²) in [6.45, 7) is 8.41. The number of phenols is 1. The standard InChI is InChI=1S/C22H29N3O2/c1-3-18-4-6-19(7-5-18)17(2)23-22(27)16-24-12-14-25(15-13-24)20-8-10-21(26)11-9-20/h4-11,17,26H,3,12-16H2,1-2H3,(H,23,27)/p+1/t17-/m1/s1. The van der Waals surface area contributed by atoms with Gasteiger partial charge < -0.3 is 20.2 Å². The molecule has 1 heterocycles. The van der Waals surface area contributed by atoms with E-state index in [1.807, 2.05) is 19.1 Å². The minimum atomic E-state index is 0.0288. The van der Waals surface area contributed by atoms with E-state index in [2.05, 4.69) is 41.4 Å². The Kier molecular flexibility index (Phi) is 6.35. The summed E-state index contributed by atoms with van der Waals surface area (Å²) >= 11 is 0. The lowest BCUT2D eigenvalue weighted by Gasteiger charge is -2.33. The number of nitrogens with zero attached hydrogens (tertiary/aromatic N) is 1. The van der Waals surface area contributed by atoms with E-state index < -0.39 is 0 Å². The molecule has 0 unspecified atom stereocenters. The number of nitrogens with one attached hydrogen (secondary N) is 2. The number of rotatable bonds is 6. The fraction of sp³-hybridized carbons (Fsp3) is 0.409. The van der Waals surface area contributed by atoms with Crippen molar-refractivity contribution in [1.82, 2.24) is 5.32 Å². The zero-order chi connectivity index (χ0) is 19.2. The number of amides is 1. The number of phenolic OH excluding ortho intramolecular Hbond substituents is 1. The lowest BCUT2D eigenvalue weighted by Crippen LogP contribution is -3.15. The number of benzene rings is 2. The van der Waals surface area contributed by atoms with Crippen molar-refractivity contribution in [1.29, 1.82) is 0 Å². The molecule has 1 amide bonds. The number of carbonyl (C=O) groups is 1. The molecule has 5 nitrogen and oxygen atoms in total. The minimum Gasteiger partial charge on any atom is -0.508 e. The van der Waals surface area contributed by atoms with Crippen LogP contribution in [0.4, 0.5) is 5.69 Å². The Morgan fingerprint density at radius 1 is 1.11 bits per heavy atom. The molecule has 3 N–H and O–H groups in total. The van der Waals surface area contributed by atoms with E-state index in [9.17, 15) is 9.90 Å². The third-order valence-corrected chi connectivity index (χ3v) is 5.36. The van der Waals surface area contributed by atoms with Gasteiger partial charge in [0.1, 0.15) is 5.75 Å². The fourth-order valence-corrected chi connectivity index (χ4v) is 3.57. The predicted octanol–water partition coefficient (Wildman–Crippen LogP) is 1.54. The molecule has 0 aliphatic carbocycles. The van der Waals surface area contributed by atoms with Crippen molar-refractivity contribution in [2.24, 2.45) is 0 Å². The molecule has 1 atom stereocenters. The van der Waals surface area contributed by atoms with Crippen LogP contribution < -0.4 is 15.1 Å². The van der Waals surface area contributed by atoms with E-state index in [0.717, 1.165) is 43.9 Å². The highest BCUT2D eigenvalue weighted by atomic mass is 16.3. The monoisotopic (exact) mass is 368 g/mol. The number of anilines is 1. The minimum absolute atomic E-state index is 0.0288. The van der Waals surface area contributed by atoms with E-state index >= 15 is 0 Å². The number of hydrogen-bond acceptors (Lipinski definition) is 3. The van der Waals surface area contributed by atoms with Gasteiger partial charge in [-0.15, -0.1) is 0 Å². The van der Waals surface area contributed by atoms with Gasteiger partial charge in [-0.1, -0.05) is 31.2 Å². The number of hydrogen-bond donors (Lipinski definition) is 3. The molecule has 1 aliphatic rings. The topological polar surface area (TPSA) is 57.0 Å². The van der Waals surface area contributed by atoms with Crippen molar-refractivity contribution >= 4 is 11.6 Å². The summed E-state index contributed by atoms with van der Waals surface area (Å²) in [6.07, 6.45) is 1.03. The SMILES string of the molecule is CCc1ccc([C@@H](C)NC(=O)C[NH+]2CCN(c3ccc(O)cc3)CC2)cc1. The number of piperazine rings is 1. The van der Waals surface area contributed by atoms with E-state index in [1.165, 1.54) is 10.5 Å². The summed E-state index contributed by atoms with van der Waals surface area (Å²) in [5.41, 5.74) is 3.58. The lowest BCUT2D eigenvalue weighted by atomic mass is 10.1. The van der Waals surface area contributed by atoms with Gasteiger partial charge in [0.15, 0.2) is 6.54 Å². The van der Waals surface area contributed by atoms with Gasteiger partial charge in [-0.2, -0.15) is 0 Å².